The topological polar surface area (TPSA) is 67.4 Å². The van der Waals surface area contributed by atoms with Crippen LogP contribution in [0.4, 0.5) is 15.8 Å². The Kier molecular flexibility index (Phi) is 5.93. The number of para-hydroxylation sites is 1. The minimum absolute atomic E-state index is 0.403. The Morgan fingerprint density at radius 1 is 0.724 bits per heavy atom. The number of anilines is 2. The molecule has 0 unspecified atom stereocenters. The van der Waals surface area contributed by atoms with Crippen molar-refractivity contribution in [3.8, 4) is 11.5 Å². The zero-order chi connectivity index (χ0) is 20.9. The van der Waals surface area contributed by atoms with E-state index in [1.807, 2.05) is 30.3 Å². The van der Waals surface area contributed by atoms with Crippen molar-refractivity contribution in [2.75, 3.05) is 10.6 Å². The van der Waals surface area contributed by atoms with Gasteiger partial charge in [0.1, 0.15) is 22.7 Å². The van der Waals surface area contributed by atoms with Gasteiger partial charge in [-0.05, 0) is 74.5 Å². The van der Waals surface area contributed by atoms with Crippen molar-refractivity contribution in [3.63, 3.8) is 0 Å². The first-order valence-corrected chi connectivity index (χ1v) is 9.06. The number of halogens is 1. The van der Waals surface area contributed by atoms with Gasteiger partial charge in [-0.3, -0.25) is 9.59 Å². The summed E-state index contributed by atoms with van der Waals surface area (Å²) in [6.07, 6.45) is 0. The van der Waals surface area contributed by atoms with Gasteiger partial charge in [-0.25, -0.2) is 4.39 Å². The molecule has 0 fully saturated rings. The van der Waals surface area contributed by atoms with E-state index in [0.29, 0.717) is 22.9 Å². The second kappa shape index (κ2) is 8.56. The Hall–Kier alpha value is -3.67. The van der Waals surface area contributed by atoms with Crippen LogP contribution in [0.2, 0.25) is 0 Å². The normalized spacial score (nSPS) is 10.9. The zero-order valence-electron chi connectivity index (χ0n) is 16.1. The van der Waals surface area contributed by atoms with Crippen molar-refractivity contribution < 1.29 is 18.7 Å². The summed E-state index contributed by atoms with van der Waals surface area (Å²) in [5.41, 5.74) is -0.383. The first-order chi connectivity index (χ1) is 13.8. The minimum atomic E-state index is -1.34. The van der Waals surface area contributed by atoms with Crippen LogP contribution in [0.3, 0.4) is 0 Å². The lowest BCUT2D eigenvalue weighted by Gasteiger charge is -2.22. The second-order valence-corrected chi connectivity index (χ2v) is 6.98. The summed E-state index contributed by atoms with van der Waals surface area (Å²) in [6.45, 7) is 3.04. The molecule has 0 aromatic heterocycles. The summed E-state index contributed by atoms with van der Waals surface area (Å²) in [5, 5.41) is 5.36. The molecule has 5 nitrogen and oxygen atoms in total. The van der Waals surface area contributed by atoms with Gasteiger partial charge >= 0.3 is 0 Å². The van der Waals surface area contributed by atoms with Crippen LogP contribution in [-0.4, -0.2) is 11.8 Å². The largest absolute Gasteiger partial charge is 0.457 e. The molecule has 0 heterocycles. The molecule has 2 N–H and O–H groups in total. The molecule has 0 saturated carbocycles. The molecule has 148 valence electrons. The number of rotatable bonds is 6. The molecule has 0 atom stereocenters. The molecule has 0 bridgehead atoms. The lowest BCUT2D eigenvalue weighted by molar-refractivity contribution is -0.135. The van der Waals surface area contributed by atoms with Gasteiger partial charge in [0.2, 0.25) is 11.8 Å². The predicted octanol–water partition coefficient (Wildman–Crippen LogP) is 5.22. The number of benzene rings is 3. The molecule has 0 radical (unpaired) electrons. The highest BCUT2D eigenvalue weighted by Gasteiger charge is 2.36. The molecule has 2 amide bonds. The highest BCUT2D eigenvalue weighted by atomic mass is 19.1. The minimum Gasteiger partial charge on any atom is -0.457 e. The fraction of sp³-hybridized carbons (Fsp3) is 0.130. The Labute approximate surface area is 168 Å². The number of amides is 2. The molecule has 3 aromatic rings. The van der Waals surface area contributed by atoms with Gasteiger partial charge in [0.15, 0.2) is 0 Å². The van der Waals surface area contributed by atoms with Gasteiger partial charge < -0.3 is 15.4 Å². The van der Waals surface area contributed by atoms with E-state index in [1.165, 1.54) is 38.1 Å². The molecule has 6 heteroatoms. The summed E-state index contributed by atoms with van der Waals surface area (Å²) in [4.78, 5) is 25.2. The summed E-state index contributed by atoms with van der Waals surface area (Å²) >= 11 is 0. The van der Waals surface area contributed by atoms with Crippen LogP contribution in [0.15, 0.2) is 78.9 Å². The molecule has 3 aromatic carbocycles. The van der Waals surface area contributed by atoms with Crippen LogP contribution in [-0.2, 0) is 9.59 Å². The average molecular weight is 392 g/mol. The number of hydrogen-bond acceptors (Lipinski definition) is 3. The van der Waals surface area contributed by atoms with E-state index in [0.717, 1.165) is 0 Å². The van der Waals surface area contributed by atoms with E-state index < -0.39 is 23.0 Å². The van der Waals surface area contributed by atoms with E-state index in [4.69, 9.17) is 4.74 Å². The van der Waals surface area contributed by atoms with E-state index in [9.17, 15) is 14.0 Å². The van der Waals surface area contributed by atoms with Gasteiger partial charge in [0.25, 0.3) is 0 Å². The summed E-state index contributed by atoms with van der Waals surface area (Å²) < 4.78 is 18.7. The maximum Gasteiger partial charge on any atom is 0.239 e. The van der Waals surface area contributed by atoms with Crippen LogP contribution in [0, 0.1) is 11.2 Å². The third-order valence-electron chi connectivity index (χ3n) is 4.33. The second-order valence-electron chi connectivity index (χ2n) is 6.98. The van der Waals surface area contributed by atoms with Gasteiger partial charge in [-0.1, -0.05) is 18.2 Å². The molecule has 3 rings (SSSR count). The van der Waals surface area contributed by atoms with E-state index in [-0.39, 0.29) is 0 Å². The van der Waals surface area contributed by atoms with Crippen LogP contribution in [0.5, 0.6) is 11.5 Å². The highest BCUT2D eigenvalue weighted by Crippen LogP contribution is 2.25. The van der Waals surface area contributed by atoms with Crippen molar-refractivity contribution in [1.29, 1.82) is 0 Å². The lowest BCUT2D eigenvalue weighted by atomic mass is 9.90. The fourth-order valence-corrected chi connectivity index (χ4v) is 2.44. The number of hydrogen-bond donors (Lipinski definition) is 2. The standard InChI is InChI=1S/C23H21FN2O3/c1-23(2,21(27)25-17-10-8-16(24)9-11-17)22(28)26-18-12-14-20(15-13-18)29-19-6-4-3-5-7-19/h3-15H,1-2H3,(H,25,27)(H,26,28). The number of ether oxygens (including phenoxy) is 1. The van der Waals surface area contributed by atoms with Gasteiger partial charge in [0, 0.05) is 11.4 Å². The van der Waals surface area contributed by atoms with Gasteiger partial charge in [0.05, 0.1) is 0 Å². The van der Waals surface area contributed by atoms with E-state index in [2.05, 4.69) is 10.6 Å². The Balaban J connectivity index is 1.61. The smallest absolute Gasteiger partial charge is 0.239 e. The third kappa shape index (κ3) is 5.19. The highest BCUT2D eigenvalue weighted by molar-refractivity contribution is 6.13. The Bertz CT molecular complexity index is 985. The predicted molar refractivity (Wildman–Crippen MR) is 110 cm³/mol. The third-order valence-corrected chi connectivity index (χ3v) is 4.33. The summed E-state index contributed by atoms with van der Waals surface area (Å²) in [6, 6.07) is 21.6. The van der Waals surface area contributed by atoms with Gasteiger partial charge in [-0.15, -0.1) is 0 Å². The fourth-order valence-electron chi connectivity index (χ4n) is 2.44. The SMILES string of the molecule is CC(C)(C(=O)Nc1ccc(F)cc1)C(=O)Nc1ccc(Oc2ccccc2)cc1. The van der Waals surface area contributed by atoms with Crippen LogP contribution in [0.25, 0.3) is 0 Å². The van der Waals surface area contributed by atoms with Crippen molar-refractivity contribution in [1.82, 2.24) is 0 Å². The van der Waals surface area contributed by atoms with Crippen molar-refractivity contribution in [2.45, 2.75) is 13.8 Å². The Morgan fingerprint density at radius 2 is 1.17 bits per heavy atom. The number of carbonyl (C=O) groups is 2. The average Bonchev–Trinajstić information content (AvgIpc) is 2.72. The van der Waals surface area contributed by atoms with Crippen molar-refractivity contribution in [2.24, 2.45) is 5.41 Å². The molecular formula is C23H21FN2O3. The maximum atomic E-state index is 13.0. The quantitative estimate of drug-likeness (QED) is 0.565. The number of carbonyl (C=O) groups excluding carboxylic acids is 2. The molecule has 0 aliphatic rings. The molecule has 0 saturated heterocycles. The monoisotopic (exact) mass is 392 g/mol. The van der Waals surface area contributed by atoms with E-state index in [1.54, 1.807) is 24.3 Å². The molecule has 29 heavy (non-hydrogen) atoms. The first-order valence-electron chi connectivity index (χ1n) is 9.06. The number of nitrogens with one attached hydrogen (secondary N) is 2. The first kappa shape index (κ1) is 20.1. The summed E-state index contributed by atoms with van der Waals surface area (Å²) in [5.74, 6) is -0.0235. The van der Waals surface area contributed by atoms with Gasteiger partial charge in [-0.2, -0.15) is 0 Å². The Morgan fingerprint density at radius 3 is 1.69 bits per heavy atom. The summed E-state index contributed by atoms with van der Waals surface area (Å²) in [7, 11) is 0. The van der Waals surface area contributed by atoms with Crippen molar-refractivity contribution >= 4 is 23.2 Å². The molecular weight excluding hydrogens is 371 g/mol. The van der Waals surface area contributed by atoms with Crippen molar-refractivity contribution in [3.05, 3.63) is 84.7 Å². The molecule has 0 spiro atoms. The lowest BCUT2D eigenvalue weighted by Crippen LogP contribution is -2.41. The molecule has 0 aliphatic carbocycles. The molecule has 0 aliphatic heterocycles. The zero-order valence-corrected chi connectivity index (χ0v) is 16.1. The van der Waals surface area contributed by atoms with E-state index >= 15 is 0 Å². The van der Waals surface area contributed by atoms with Crippen LogP contribution >= 0.6 is 0 Å². The van der Waals surface area contributed by atoms with Crippen LogP contribution < -0.4 is 15.4 Å². The maximum absolute atomic E-state index is 13.0. The van der Waals surface area contributed by atoms with Crippen LogP contribution in [0.1, 0.15) is 13.8 Å².